The Labute approximate surface area is 156 Å². The van der Waals surface area contributed by atoms with Gasteiger partial charge >= 0.3 is 0 Å². The van der Waals surface area contributed by atoms with E-state index in [-0.39, 0.29) is 11.4 Å². The Balaban J connectivity index is 2.15. The molecule has 0 bridgehead atoms. The number of nitrogens with zero attached hydrogens (tertiary/aromatic N) is 1. The van der Waals surface area contributed by atoms with Gasteiger partial charge in [-0.3, -0.25) is 14.5 Å². The summed E-state index contributed by atoms with van der Waals surface area (Å²) in [6.45, 7) is 3.43. The Morgan fingerprint density at radius 3 is 2.44 bits per heavy atom. The average Bonchev–Trinajstić information content (AvgIpc) is 3.28. The molecular weight excluding hydrogens is 350 g/mol. The van der Waals surface area contributed by atoms with Crippen LogP contribution >= 0.6 is 0 Å². The number of Topliss-reactive ketones (excluding diaryl/α,β-unsaturated/α-hetero) is 1. The first-order valence-corrected chi connectivity index (χ1v) is 8.47. The van der Waals surface area contributed by atoms with Gasteiger partial charge in [0.2, 0.25) is 0 Å². The van der Waals surface area contributed by atoms with Gasteiger partial charge in [0.25, 0.3) is 5.91 Å². The number of amides is 1. The number of ether oxygens (including phenoxy) is 2. The third-order valence-corrected chi connectivity index (χ3v) is 4.46. The van der Waals surface area contributed by atoms with Crippen LogP contribution in [0.25, 0.3) is 0 Å². The van der Waals surface area contributed by atoms with Crippen LogP contribution in [0.3, 0.4) is 0 Å². The van der Waals surface area contributed by atoms with E-state index in [1.807, 2.05) is 0 Å². The van der Waals surface area contributed by atoms with Crippen LogP contribution < -0.4 is 14.4 Å². The van der Waals surface area contributed by atoms with Crippen LogP contribution in [0.5, 0.6) is 11.5 Å². The van der Waals surface area contributed by atoms with Gasteiger partial charge in [0.15, 0.2) is 23.0 Å². The van der Waals surface area contributed by atoms with Crippen LogP contribution in [-0.4, -0.2) is 31.0 Å². The zero-order chi connectivity index (χ0) is 19.7. The Kier molecular flexibility index (Phi) is 4.94. The minimum atomic E-state index is -0.861. The number of benzene rings is 1. The summed E-state index contributed by atoms with van der Waals surface area (Å²) in [5, 5.41) is 10.5. The minimum Gasteiger partial charge on any atom is -0.503 e. The second kappa shape index (κ2) is 7.19. The fourth-order valence-electron chi connectivity index (χ4n) is 3.13. The molecule has 0 saturated carbocycles. The molecule has 27 heavy (non-hydrogen) atoms. The maximum atomic E-state index is 12.9. The van der Waals surface area contributed by atoms with Crippen LogP contribution in [0.4, 0.5) is 5.69 Å². The first-order chi connectivity index (χ1) is 12.9. The molecule has 2 heterocycles. The highest BCUT2D eigenvalue weighted by Crippen LogP contribution is 2.43. The van der Waals surface area contributed by atoms with Gasteiger partial charge in [-0.25, -0.2) is 0 Å². The van der Waals surface area contributed by atoms with Gasteiger partial charge in [-0.05, 0) is 24.3 Å². The molecule has 142 valence electrons. The van der Waals surface area contributed by atoms with Gasteiger partial charge in [0.05, 0.1) is 26.1 Å². The predicted octanol–water partition coefficient (Wildman–Crippen LogP) is 3.42. The Hall–Kier alpha value is -3.22. The van der Waals surface area contributed by atoms with Gasteiger partial charge < -0.3 is 19.0 Å². The van der Waals surface area contributed by atoms with E-state index in [0.29, 0.717) is 22.9 Å². The molecule has 1 amide bonds. The van der Waals surface area contributed by atoms with Crippen LogP contribution in [0.1, 0.15) is 25.6 Å². The van der Waals surface area contributed by atoms with Crippen molar-refractivity contribution < 1.29 is 28.6 Å². The first kappa shape index (κ1) is 18.6. The van der Waals surface area contributed by atoms with Gasteiger partial charge in [-0.15, -0.1) is 0 Å². The van der Waals surface area contributed by atoms with E-state index in [4.69, 9.17) is 13.9 Å². The number of hydrogen-bond donors (Lipinski definition) is 1. The van der Waals surface area contributed by atoms with E-state index >= 15 is 0 Å². The van der Waals surface area contributed by atoms with Gasteiger partial charge in [0, 0.05) is 17.7 Å². The number of carbonyl (C=O) groups excluding carboxylic acids is 2. The molecule has 0 saturated heterocycles. The number of anilines is 1. The van der Waals surface area contributed by atoms with Crippen molar-refractivity contribution in [3.05, 3.63) is 53.7 Å². The van der Waals surface area contributed by atoms with Crippen molar-refractivity contribution in [1.29, 1.82) is 0 Å². The van der Waals surface area contributed by atoms with Crippen LogP contribution in [-0.2, 0) is 9.59 Å². The number of carbonyl (C=O) groups is 2. The lowest BCUT2D eigenvalue weighted by Crippen LogP contribution is -2.31. The SMILES string of the molecule is COc1ccc(N2C(=O)C(O)=C(C(=O)C(C)C)C2c2ccco2)cc1OC. The molecule has 7 nitrogen and oxygen atoms in total. The van der Waals surface area contributed by atoms with E-state index in [9.17, 15) is 14.7 Å². The molecular formula is C20H21NO6. The lowest BCUT2D eigenvalue weighted by molar-refractivity contribution is -0.119. The molecule has 1 aromatic carbocycles. The maximum absolute atomic E-state index is 12.9. The molecule has 0 fully saturated rings. The number of aliphatic hydroxyl groups is 1. The van der Waals surface area contributed by atoms with Crippen molar-refractivity contribution >= 4 is 17.4 Å². The summed E-state index contributed by atoms with van der Waals surface area (Å²) < 4.78 is 16.0. The summed E-state index contributed by atoms with van der Waals surface area (Å²) >= 11 is 0. The summed E-state index contributed by atoms with van der Waals surface area (Å²) in [4.78, 5) is 26.9. The average molecular weight is 371 g/mol. The number of rotatable bonds is 6. The predicted molar refractivity (Wildman–Crippen MR) is 98.0 cm³/mol. The molecule has 1 unspecified atom stereocenters. The summed E-state index contributed by atoms with van der Waals surface area (Å²) in [6, 6.07) is 7.39. The lowest BCUT2D eigenvalue weighted by Gasteiger charge is -2.26. The highest BCUT2D eigenvalue weighted by Gasteiger charge is 2.46. The van der Waals surface area contributed by atoms with Gasteiger partial charge in [-0.2, -0.15) is 0 Å². The summed E-state index contributed by atoms with van der Waals surface area (Å²) in [5.74, 6) is -0.645. The molecule has 3 rings (SSSR count). The van der Waals surface area contributed by atoms with Gasteiger partial charge in [-0.1, -0.05) is 13.8 Å². The van der Waals surface area contributed by atoms with E-state index in [0.717, 1.165) is 0 Å². The molecule has 1 aliphatic rings. The Morgan fingerprint density at radius 1 is 1.19 bits per heavy atom. The van der Waals surface area contributed by atoms with Crippen LogP contribution in [0.15, 0.2) is 52.3 Å². The second-order valence-corrected chi connectivity index (χ2v) is 6.41. The maximum Gasteiger partial charge on any atom is 0.294 e. The highest BCUT2D eigenvalue weighted by atomic mass is 16.5. The molecule has 7 heteroatoms. The molecule has 1 aliphatic heterocycles. The van der Waals surface area contributed by atoms with Crippen molar-refractivity contribution in [2.75, 3.05) is 19.1 Å². The highest BCUT2D eigenvalue weighted by molar-refractivity contribution is 6.16. The topological polar surface area (TPSA) is 89.2 Å². The van der Waals surface area contributed by atoms with E-state index in [1.165, 1.54) is 25.4 Å². The van der Waals surface area contributed by atoms with Crippen molar-refractivity contribution in [1.82, 2.24) is 0 Å². The van der Waals surface area contributed by atoms with E-state index in [1.54, 1.807) is 44.2 Å². The monoisotopic (exact) mass is 371 g/mol. The van der Waals surface area contributed by atoms with Crippen LogP contribution in [0, 0.1) is 5.92 Å². The molecule has 1 atom stereocenters. The largest absolute Gasteiger partial charge is 0.503 e. The van der Waals surface area contributed by atoms with Crippen LogP contribution in [0.2, 0.25) is 0 Å². The molecule has 0 spiro atoms. The lowest BCUT2D eigenvalue weighted by atomic mass is 9.94. The molecule has 1 aromatic heterocycles. The number of methoxy groups -OCH3 is 2. The zero-order valence-electron chi connectivity index (χ0n) is 15.6. The fourth-order valence-corrected chi connectivity index (χ4v) is 3.13. The number of aliphatic hydroxyl groups excluding tert-OH is 1. The van der Waals surface area contributed by atoms with Crippen molar-refractivity contribution in [3.8, 4) is 11.5 Å². The summed E-state index contributed by atoms with van der Waals surface area (Å²) in [5.41, 5.74) is 0.469. The van der Waals surface area contributed by atoms with Gasteiger partial charge in [0.1, 0.15) is 11.8 Å². The molecule has 0 aliphatic carbocycles. The molecule has 1 N–H and O–H groups in total. The Morgan fingerprint density at radius 2 is 1.89 bits per heavy atom. The third-order valence-electron chi connectivity index (χ3n) is 4.46. The quantitative estimate of drug-likeness (QED) is 0.837. The number of furan rings is 1. The third kappa shape index (κ3) is 3.05. The molecule has 2 aromatic rings. The minimum absolute atomic E-state index is 0.0275. The van der Waals surface area contributed by atoms with Crippen molar-refractivity contribution in [2.24, 2.45) is 5.92 Å². The molecule has 0 radical (unpaired) electrons. The summed E-state index contributed by atoms with van der Waals surface area (Å²) in [6.07, 6.45) is 1.46. The number of hydrogen-bond acceptors (Lipinski definition) is 6. The zero-order valence-corrected chi connectivity index (χ0v) is 15.6. The van der Waals surface area contributed by atoms with E-state index in [2.05, 4.69) is 0 Å². The Bertz CT molecular complexity index is 897. The van der Waals surface area contributed by atoms with Crippen molar-refractivity contribution in [3.63, 3.8) is 0 Å². The summed E-state index contributed by atoms with van der Waals surface area (Å²) in [7, 11) is 3.00. The second-order valence-electron chi connectivity index (χ2n) is 6.41. The normalized spacial score (nSPS) is 17.0. The smallest absolute Gasteiger partial charge is 0.294 e. The standard InChI is InChI=1S/C20H21NO6/c1-11(2)18(22)16-17(14-6-5-9-27-14)21(20(24)19(16)23)12-7-8-13(25-3)15(10-12)26-4/h5-11,17,23H,1-4H3. The number of ketones is 1. The van der Waals surface area contributed by atoms with Crippen molar-refractivity contribution in [2.45, 2.75) is 19.9 Å². The fraction of sp³-hybridized carbons (Fsp3) is 0.300. The van der Waals surface area contributed by atoms with E-state index < -0.39 is 23.6 Å². The first-order valence-electron chi connectivity index (χ1n) is 8.47.